The summed E-state index contributed by atoms with van der Waals surface area (Å²) in [5.74, 6) is 0. The smallest absolute Gasteiger partial charge is 0.300 e. The van der Waals surface area contributed by atoms with Crippen molar-refractivity contribution in [1.82, 2.24) is 4.72 Å². The van der Waals surface area contributed by atoms with Gasteiger partial charge in [0.05, 0.1) is 11.0 Å². The van der Waals surface area contributed by atoms with E-state index in [9.17, 15) is 18.5 Å². The minimum absolute atomic E-state index is 0.0450. The van der Waals surface area contributed by atoms with Crippen LogP contribution in [-0.2, 0) is 10.0 Å². The molecule has 102 valence electrons. The highest BCUT2D eigenvalue weighted by Gasteiger charge is 2.24. The van der Waals surface area contributed by atoms with E-state index in [1.807, 2.05) is 0 Å². The third-order valence-electron chi connectivity index (χ3n) is 1.96. The number of aliphatic hydroxyl groups excluding tert-OH is 1. The van der Waals surface area contributed by atoms with Gasteiger partial charge in [0.1, 0.15) is 4.21 Å². The highest BCUT2D eigenvalue weighted by molar-refractivity contribution is 7.91. The maximum Gasteiger partial charge on any atom is 0.300 e. The van der Waals surface area contributed by atoms with Crippen LogP contribution in [0.1, 0.15) is 13.3 Å². The van der Waals surface area contributed by atoms with Gasteiger partial charge in [0, 0.05) is 12.6 Å². The zero-order valence-corrected chi connectivity index (χ0v) is 11.7. The van der Waals surface area contributed by atoms with Crippen LogP contribution >= 0.6 is 22.9 Å². The summed E-state index contributed by atoms with van der Waals surface area (Å²) in [6, 6.07) is 0.914. The fraction of sp³-hybridized carbons (Fsp3) is 0.500. The van der Waals surface area contributed by atoms with Crippen molar-refractivity contribution in [2.24, 2.45) is 0 Å². The Morgan fingerprint density at radius 2 is 2.28 bits per heavy atom. The van der Waals surface area contributed by atoms with E-state index in [0.29, 0.717) is 11.3 Å². The van der Waals surface area contributed by atoms with Gasteiger partial charge in [0.15, 0.2) is 4.34 Å². The first-order valence-electron chi connectivity index (χ1n) is 4.85. The van der Waals surface area contributed by atoms with Crippen molar-refractivity contribution < 1.29 is 18.4 Å². The second kappa shape index (κ2) is 5.93. The minimum atomic E-state index is -3.82. The molecule has 0 amide bonds. The monoisotopic (exact) mass is 314 g/mol. The molecule has 7 nitrogen and oxygen atoms in total. The molecule has 18 heavy (non-hydrogen) atoms. The maximum atomic E-state index is 11.7. The highest BCUT2D eigenvalue weighted by atomic mass is 35.5. The molecule has 1 rings (SSSR count). The van der Waals surface area contributed by atoms with Crippen molar-refractivity contribution >= 4 is 38.6 Å². The molecule has 1 atom stereocenters. The number of nitrogens with zero attached hydrogens (tertiary/aromatic N) is 1. The Morgan fingerprint density at radius 1 is 1.67 bits per heavy atom. The van der Waals surface area contributed by atoms with E-state index in [1.165, 1.54) is 6.92 Å². The number of halogens is 1. The Kier molecular flexibility index (Phi) is 5.05. The van der Waals surface area contributed by atoms with Gasteiger partial charge in [0.25, 0.3) is 5.69 Å². The lowest BCUT2D eigenvalue weighted by Gasteiger charge is -2.05. The summed E-state index contributed by atoms with van der Waals surface area (Å²) in [6.45, 7) is 1.57. The van der Waals surface area contributed by atoms with Gasteiger partial charge in [-0.05, 0) is 13.3 Å². The fourth-order valence-corrected chi connectivity index (χ4v) is 3.83. The maximum absolute atomic E-state index is 11.7. The van der Waals surface area contributed by atoms with Crippen molar-refractivity contribution in [3.8, 4) is 0 Å². The van der Waals surface area contributed by atoms with Crippen LogP contribution in [0.3, 0.4) is 0 Å². The van der Waals surface area contributed by atoms with E-state index in [4.69, 9.17) is 16.7 Å². The summed E-state index contributed by atoms with van der Waals surface area (Å²) in [7, 11) is -3.82. The van der Waals surface area contributed by atoms with Crippen molar-refractivity contribution in [2.75, 3.05) is 6.54 Å². The van der Waals surface area contributed by atoms with Gasteiger partial charge in [-0.3, -0.25) is 10.1 Å². The summed E-state index contributed by atoms with van der Waals surface area (Å²) in [4.78, 5) is 9.80. The highest BCUT2D eigenvalue weighted by Crippen LogP contribution is 2.35. The summed E-state index contributed by atoms with van der Waals surface area (Å²) in [5, 5.41) is 19.5. The molecule has 0 bridgehead atoms. The predicted octanol–water partition coefficient (Wildman–Crippen LogP) is 1.36. The molecule has 1 unspecified atom stereocenters. The van der Waals surface area contributed by atoms with Gasteiger partial charge in [-0.1, -0.05) is 11.6 Å². The first-order chi connectivity index (χ1) is 8.24. The van der Waals surface area contributed by atoms with Gasteiger partial charge >= 0.3 is 0 Å². The summed E-state index contributed by atoms with van der Waals surface area (Å²) in [6.07, 6.45) is -0.380. The summed E-state index contributed by atoms with van der Waals surface area (Å²) in [5.41, 5.74) is -0.433. The Labute approximate surface area is 113 Å². The van der Waals surface area contributed by atoms with E-state index in [2.05, 4.69) is 4.72 Å². The first kappa shape index (κ1) is 15.3. The van der Waals surface area contributed by atoms with Crippen LogP contribution in [0.2, 0.25) is 4.34 Å². The topological polar surface area (TPSA) is 110 Å². The second-order valence-electron chi connectivity index (χ2n) is 3.52. The lowest BCUT2D eigenvalue weighted by atomic mass is 10.3. The Bertz CT molecular complexity index is 540. The van der Waals surface area contributed by atoms with Gasteiger partial charge in [-0.25, -0.2) is 13.1 Å². The molecule has 0 fully saturated rings. The molecule has 10 heteroatoms. The number of nitrogens with one attached hydrogen (secondary N) is 1. The lowest BCUT2D eigenvalue weighted by Crippen LogP contribution is -2.26. The zero-order chi connectivity index (χ0) is 13.9. The van der Waals surface area contributed by atoms with Crippen LogP contribution < -0.4 is 4.72 Å². The van der Waals surface area contributed by atoms with Gasteiger partial charge < -0.3 is 5.11 Å². The molecule has 0 aromatic carbocycles. The van der Waals surface area contributed by atoms with Crippen molar-refractivity contribution in [3.63, 3.8) is 0 Å². The molecule has 1 aromatic rings. The fourth-order valence-electron chi connectivity index (χ4n) is 1.07. The molecule has 0 saturated heterocycles. The number of nitro groups is 1. The molecule has 0 radical (unpaired) electrons. The van der Waals surface area contributed by atoms with Crippen LogP contribution in [0.15, 0.2) is 10.3 Å². The quantitative estimate of drug-likeness (QED) is 0.608. The van der Waals surface area contributed by atoms with E-state index in [-0.39, 0.29) is 21.5 Å². The average Bonchev–Trinajstić information content (AvgIpc) is 2.60. The molecule has 1 aromatic heterocycles. The predicted molar refractivity (Wildman–Crippen MR) is 67.5 cm³/mol. The van der Waals surface area contributed by atoms with Crippen molar-refractivity contribution in [2.45, 2.75) is 23.7 Å². The third kappa shape index (κ3) is 3.89. The molecule has 1 heterocycles. The number of sulfonamides is 1. The average molecular weight is 315 g/mol. The van der Waals surface area contributed by atoms with Crippen LogP contribution in [0.5, 0.6) is 0 Å². The van der Waals surface area contributed by atoms with E-state index in [0.717, 1.165) is 6.07 Å². The van der Waals surface area contributed by atoms with E-state index >= 15 is 0 Å². The molecule has 0 spiro atoms. The Balaban J connectivity index is 2.85. The molecule has 0 aliphatic rings. The largest absolute Gasteiger partial charge is 0.393 e. The van der Waals surface area contributed by atoms with Crippen LogP contribution in [0.25, 0.3) is 0 Å². The Hall–Kier alpha value is -0.740. The van der Waals surface area contributed by atoms with Crippen molar-refractivity contribution in [3.05, 3.63) is 20.5 Å². The van der Waals surface area contributed by atoms with Gasteiger partial charge in [-0.2, -0.15) is 0 Å². The third-order valence-corrected chi connectivity index (χ3v) is 5.23. The van der Waals surface area contributed by atoms with E-state index in [1.54, 1.807) is 0 Å². The number of aliphatic hydroxyl groups is 1. The lowest BCUT2D eigenvalue weighted by molar-refractivity contribution is -0.384. The number of rotatable bonds is 6. The number of hydrogen-bond acceptors (Lipinski definition) is 6. The van der Waals surface area contributed by atoms with Crippen LogP contribution in [0, 0.1) is 10.1 Å². The van der Waals surface area contributed by atoms with Crippen LogP contribution in [-0.4, -0.2) is 31.1 Å². The van der Waals surface area contributed by atoms with Crippen molar-refractivity contribution in [1.29, 1.82) is 0 Å². The second-order valence-corrected chi connectivity index (χ2v) is 7.17. The minimum Gasteiger partial charge on any atom is -0.393 e. The zero-order valence-electron chi connectivity index (χ0n) is 9.29. The SMILES string of the molecule is CC(O)CCNS(=O)(=O)c1cc([N+](=O)[O-])c(Cl)s1. The summed E-state index contributed by atoms with van der Waals surface area (Å²) >= 11 is 6.19. The molecule has 0 aliphatic heterocycles. The normalized spacial score (nSPS) is 13.5. The Morgan fingerprint density at radius 3 is 2.72 bits per heavy atom. The molecule has 0 aliphatic carbocycles. The van der Waals surface area contributed by atoms with Gasteiger partial charge in [0.2, 0.25) is 10.0 Å². The molecule has 2 N–H and O–H groups in total. The molecular weight excluding hydrogens is 304 g/mol. The standard InChI is InChI=1S/C8H11ClN2O5S2/c1-5(12)2-3-10-18(15,16)7-4-6(11(13)14)8(9)17-7/h4-5,10,12H,2-3H2,1H3. The van der Waals surface area contributed by atoms with Crippen LogP contribution in [0.4, 0.5) is 5.69 Å². The summed E-state index contributed by atoms with van der Waals surface area (Å²) < 4.78 is 25.3. The first-order valence-corrected chi connectivity index (χ1v) is 7.53. The van der Waals surface area contributed by atoms with Gasteiger partial charge in [-0.15, -0.1) is 11.3 Å². The van der Waals surface area contributed by atoms with E-state index < -0.39 is 26.7 Å². The number of hydrogen-bond donors (Lipinski definition) is 2. The molecule has 0 saturated carbocycles. The molecular formula is C8H11ClN2O5S2. The number of thiophene rings is 1.